The molecule has 2 atom stereocenters. The first-order chi connectivity index (χ1) is 5.73. The summed E-state index contributed by atoms with van der Waals surface area (Å²) in [6.07, 6.45) is 4.05. The van der Waals surface area contributed by atoms with Crippen LogP contribution in [0, 0.1) is 11.3 Å². The lowest BCUT2D eigenvalue weighted by Gasteiger charge is -2.41. The van der Waals surface area contributed by atoms with Crippen LogP contribution in [-0.4, -0.2) is 34.7 Å². The molecule has 0 aromatic carbocycles. The van der Waals surface area contributed by atoms with E-state index in [1.54, 1.807) is 0 Å². The highest BCUT2D eigenvalue weighted by Crippen LogP contribution is 2.30. The second-order valence-electron chi connectivity index (χ2n) is 3.95. The zero-order chi connectivity index (χ0) is 8.60. The molecule has 3 nitrogen and oxygen atoms in total. The van der Waals surface area contributed by atoms with Crippen LogP contribution >= 0.6 is 0 Å². The molecule has 2 rings (SSSR count). The molecule has 0 bridgehead atoms. The summed E-state index contributed by atoms with van der Waals surface area (Å²) in [5, 5.41) is 18.6. The molecule has 0 amide bonds. The molecule has 2 saturated heterocycles. The van der Waals surface area contributed by atoms with Crippen molar-refractivity contribution >= 4 is 0 Å². The van der Waals surface area contributed by atoms with Crippen LogP contribution in [0.2, 0.25) is 0 Å². The summed E-state index contributed by atoms with van der Waals surface area (Å²) in [4.78, 5) is 2.23. The van der Waals surface area contributed by atoms with Gasteiger partial charge in [0.25, 0.3) is 0 Å². The highest BCUT2D eigenvalue weighted by molar-refractivity contribution is 5.06. The summed E-state index contributed by atoms with van der Waals surface area (Å²) >= 11 is 0. The maximum Gasteiger partial charge on any atom is 0.163 e. The normalized spacial score (nSPS) is 42.2. The van der Waals surface area contributed by atoms with E-state index in [-0.39, 0.29) is 0 Å². The van der Waals surface area contributed by atoms with Gasteiger partial charge in [0.2, 0.25) is 0 Å². The van der Waals surface area contributed by atoms with Crippen LogP contribution in [0.3, 0.4) is 0 Å². The fourth-order valence-corrected chi connectivity index (χ4v) is 2.17. The third-order valence-electron chi connectivity index (χ3n) is 3.07. The zero-order valence-corrected chi connectivity index (χ0v) is 7.16. The van der Waals surface area contributed by atoms with Gasteiger partial charge in [-0.15, -0.1) is 0 Å². The van der Waals surface area contributed by atoms with E-state index in [9.17, 15) is 5.11 Å². The molecule has 1 N–H and O–H groups in total. The topological polar surface area (TPSA) is 47.3 Å². The lowest BCUT2D eigenvalue weighted by atomic mass is 10.00. The summed E-state index contributed by atoms with van der Waals surface area (Å²) in [6.45, 7) is 1.63. The van der Waals surface area contributed by atoms with Crippen molar-refractivity contribution in [2.24, 2.45) is 0 Å². The highest BCUT2D eigenvalue weighted by Gasteiger charge is 2.39. The molecule has 2 unspecified atom stereocenters. The molecule has 0 aromatic heterocycles. The number of fused-ring (bicyclic) bond motifs is 1. The highest BCUT2D eigenvalue weighted by atomic mass is 16.3. The molecule has 3 heteroatoms. The van der Waals surface area contributed by atoms with Crippen molar-refractivity contribution in [3.05, 3.63) is 0 Å². The van der Waals surface area contributed by atoms with Gasteiger partial charge in [-0.25, -0.2) is 0 Å². The van der Waals surface area contributed by atoms with Gasteiger partial charge in [0.15, 0.2) is 5.60 Å². The van der Waals surface area contributed by atoms with Crippen molar-refractivity contribution in [3.8, 4) is 6.07 Å². The molecule has 2 heterocycles. The van der Waals surface area contributed by atoms with Crippen LogP contribution in [0.4, 0.5) is 0 Å². The molecule has 2 fully saturated rings. The van der Waals surface area contributed by atoms with Crippen molar-refractivity contribution in [2.75, 3.05) is 13.1 Å². The Balaban J connectivity index is 2.07. The number of nitriles is 1. The molecule has 0 spiro atoms. The SMILES string of the molecule is N#CC1(O)CCCC2CCN2C1. The van der Waals surface area contributed by atoms with E-state index in [2.05, 4.69) is 4.90 Å². The first-order valence-corrected chi connectivity index (χ1v) is 4.61. The van der Waals surface area contributed by atoms with E-state index in [0.717, 1.165) is 19.4 Å². The molecule has 66 valence electrons. The van der Waals surface area contributed by atoms with Gasteiger partial charge in [0, 0.05) is 19.1 Å². The van der Waals surface area contributed by atoms with Crippen LogP contribution in [0.15, 0.2) is 0 Å². The molecule has 0 aromatic rings. The van der Waals surface area contributed by atoms with Crippen LogP contribution in [0.25, 0.3) is 0 Å². The summed E-state index contributed by atoms with van der Waals surface area (Å²) < 4.78 is 0. The Bertz CT molecular complexity index is 223. The largest absolute Gasteiger partial charge is 0.374 e. The minimum absolute atomic E-state index is 0.564. The smallest absolute Gasteiger partial charge is 0.163 e. The molecule has 0 saturated carbocycles. The fraction of sp³-hybridized carbons (Fsp3) is 0.889. The summed E-state index contributed by atoms with van der Waals surface area (Å²) in [7, 11) is 0. The van der Waals surface area contributed by atoms with Crippen LogP contribution in [0.5, 0.6) is 0 Å². The van der Waals surface area contributed by atoms with Crippen molar-refractivity contribution in [1.29, 1.82) is 5.26 Å². The van der Waals surface area contributed by atoms with Gasteiger partial charge < -0.3 is 5.11 Å². The predicted molar refractivity (Wildman–Crippen MR) is 44.4 cm³/mol. The van der Waals surface area contributed by atoms with E-state index in [1.165, 1.54) is 6.42 Å². The number of hydrogen-bond donors (Lipinski definition) is 1. The second kappa shape index (κ2) is 2.72. The van der Waals surface area contributed by atoms with Gasteiger partial charge in [-0.1, -0.05) is 0 Å². The number of nitrogens with zero attached hydrogens (tertiary/aromatic N) is 2. The third kappa shape index (κ3) is 1.21. The second-order valence-corrected chi connectivity index (χ2v) is 3.95. The van der Waals surface area contributed by atoms with Gasteiger partial charge in [-0.3, -0.25) is 4.90 Å². The first-order valence-electron chi connectivity index (χ1n) is 4.61. The predicted octanol–water partition coefficient (Wildman–Crippen LogP) is 0.499. The number of aliphatic hydroxyl groups is 1. The molecular weight excluding hydrogens is 152 g/mol. The third-order valence-corrected chi connectivity index (χ3v) is 3.07. The molecule has 0 aliphatic carbocycles. The minimum atomic E-state index is -1.06. The van der Waals surface area contributed by atoms with E-state index >= 15 is 0 Å². The lowest BCUT2D eigenvalue weighted by Crippen LogP contribution is -2.52. The first kappa shape index (κ1) is 8.03. The van der Waals surface area contributed by atoms with Gasteiger partial charge in [-0.05, 0) is 25.7 Å². The van der Waals surface area contributed by atoms with Crippen LogP contribution in [-0.2, 0) is 0 Å². The van der Waals surface area contributed by atoms with Crippen LogP contribution in [0.1, 0.15) is 25.7 Å². The monoisotopic (exact) mass is 166 g/mol. The summed E-state index contributed by atoms with van der Waals surface area (Å²) in [6, 6.07) is 2.68. The quantitative estimate of drug-likeness (QED) is 0.533. The fourth-order valence-electron chi connectivity index (χ4n) is 2.17. The average molecular weight is 166 g/mol. The van der Waals surface area contributed by atoms with Gasteiger partial charge in [0.1, 0.15) is 0 Å². The average Bonchev–Trinajstić information content (AvgIpc) is 2.15. The maximum atomic E-state index is 9.78. The minimum Gasteiger partial charge on any atom is -0.374 e. The van der Waals surface area contributed by atoms with Crippen molar-refractivity contribution in [2.45, 2.75) is 37.3 Å². The molecular formula is C9H14N2O. The Morgan fingerprint density at radius 3 is 2.92 bits per heavy atom. The van der Waals surface area contributed by atoms with E-state index in [0.29, 0.717) is 19.0 Å². The summed E-state index contributed by atoms with van der Waals surface area (Å²) in [5.41, 5.74) is -1.06. The van der Waals surface area contributed by atoms with Crippen molar-refractivity contribution < 1.29 is 5.11 Å². The zero-order valence-electron chi connectivity index (χ0n) is 7.16. The molecule has 12 heavy (non-hydrogen) atoms. The van der Waals surface area contributed by atoms with E-state index in [4.69, 9.17) is 5.26 Å². The van der Waals surface area contributed by atoms with Gasteiger partial charge in [-0.2, -0.15) is 5.26 Å². The Kier molecular flexibility index (Phi) is 1.82. The molecule has 2 aliphatic heterocycles. The van der Waals surface area contributed by atoms with Crippen molar-refractivity contribution in [3.63, 3.8) is 0 Å². The Morgan fingerprint density at radius 1 is 1.50 bits per heavy atom. The van der Waals surface area contributed by atoms with Gasteiger partial charge >= 0.3 is 0 Å². The van der Waals surface area contributed by atoms with Crippen molar-refractivity contribution in [1.82, 2.24) is 4.90 Å². The number of rotatable bonds is 0. The molecule has 0 radical (unpaired) electrons. The van der Waals surface area contributed by atoms with Gasteiger partial charge in [0.05, 0.1) is 6.07 Å². The van der Waals surface area contributed by atoms with E-state index in [1.807, 2.05) is 6.07 Å². The Hall–Kier alpha value is -0.590. The van der Waals surface area contributed by atoms with Crippen LogP contribution < -0.4 is 0 Å². The van der Waals surface area contributed by atoms with E-state index < -0.39 is 5.60 Å². The maximum absolute atomic E-state index is 9.78. The Morgan fingerprint density at radius 2 is 2.33 bits per heavy atom. The lowest BCUT2D eigenvalue weighted by molar-refractivity contribution is 0.0112. The summed E-state index contributed by atoms with van der Waals surface area (Å²) in [5.74, 6) is 0. The standard InChI is InChI=1S/C9H14N2O/c10-6-9(12)4-1-2-8-3-5-11(8)7-9/h8,12H,1-5,7H2. The molecule has 2 aliphatic rings. The number of hydrogen-bond acceptors (Lipinski definition) is 3. The Labute approximate surface area is 72.6 Å².